The average Bonchev–Trinajstić information content (AvgIpc) is 2.66. The average molecular weight is 404 g/mol. The lowest BCUT2D eigenvalue weighted by Crippen LogP contribution is -2.13. The molecule has 0 aliphatic rings. The normalized spacial score (nSPS) is 10.6. The minimum Gasteiger partial charge on any atom is -0.469 e. The molecule has 1 N–H and O–H groups in total. The van der Waals surface area contributed by atoms with E-state index in [-0.39, 0.29) is 24.2 Å². The fourth-order valence-electron chi connectivity index (χ4n) is 2.39. The second kappa shape index (κ2) is 8.33. The molecule has 0 aliphatic heterocycles. The van der Waals surface area contributed by atoms with Crippen LogP contribution in [-0.4, -0.2) is 28.3 Å². The lowest BCUT2D eigenvalue weighted by molar-refractivity contribution is -0.115. The van der Waals surface area contributed by atoms with Gasteiger partial charge in [-0.1, -0.05) is 30.1 Å². The summed E-state index contributed by atoms with van der Waals surface area (Å²) in [6.07, 6.45) is 1.70. The Kier molecular flexibility index (Phi) is 5.88. The molecule has 1 heterocycles. The van der Waals surface area contributed by atoms with Crippen LogP contribution in [0.25, 0.3) is 10.9 Å². The van der Waals surface area contributed by atoms with Crippen molar-refractivity contribution < 1.29 is 14.3 Å². The Morgan fingerprint density at radius 2 is 1.85 bits per heavy atom. The number of hydrogen-bond donors (Lipinski definition) is 1. The maximum Gasteiger partial charge on any atom is 0.225 e. The van der Waals surface area contributed by atoms with Crippen molar-refractivity contribution in [2.24, 2.45) is 0 Å². The zero-order valence-electron chi connectivity index (χ0n) is 14.3. The van der Waals surface area contributed by atoms with E-state index in [0.29, 0.717) is 38.6 Å². The van der Waals surface area contributed by atoms with Gasteiger partial charge in [0.05, 0.1) is 15.9 Å². The number of carbonyl (C=O) groups is 2. The molecule has 2 aromatic carbocycles. The lowest BCUT2D eigenvalue weighted by atomic mass is 10.1. The summed E-state index contributed by atoms with van der Waals surface area (Å²) in [5.74, 6) is -0.0989. The predicted molar refractivity (Wildman–Crippen MR) is 105 cm³/mol. The second-order valence-corrected chi connectivity index (χ2v) is 6.50. The molecule has 0 unspecified atom stereocenters. The third-order valence-electron chi connectivity index (χ3n) is 3.77. The highest BCUT2D eigenvalue weighted by atomic mass is 35.5. The Labute approximate surface area is 165 Å². The first-order valence-electron chi connectivity index (χ1n) is 8.13. The van der Waals surface area contributed by atoms with Crippen molar-refractivity contribution in [2.75, 3.05) is 11.9 Å². The van der Waals surface area contributed by atoms with Crippen LogP contribution in [0.2, 0.25) is 10.0 Å². The van der Waals surface area contributed by atoms with Gasteiger partial charge < -0.3 is 10.1 Å². The number of Topliss-reactive ketones (excluding diaryl/α,β-unsaturated/α-hetero) is 1. The summed E-state index contributed by atoms with van der Waals surface area (Å²) >= 11 is 12.2. The Balaban J connectivity index is 1.72. The van der Waals surface area contributed by atoms with Gasteiger partial charge in [-0.15, -0.1) is 0 Å². The van der Waals surface area contributed by atoms with Crippen LogP contribution >= 0.6 is 23.2 Å². The van der Waals surface area contributed by atoms with Crippen molar-refractivity contribution in [1.82, 2.24) is 9.97 Å². The highest BCUT2D eigenvalue weighted by Crippen LogP contribution is 2.30. The van der Waals surface area contributed by atoms with E-state index in [9.17, 15) is 9.59 Å². The Morgan fingerprint density at radius 3 is 2.56 bits per heavy atom. The zero-order chi connectivity index (χ0) is 19.4. The molecule has 1 aromatic heterocycles. The van der Waals surface area contributed by atoms with Crippen LogP contribution in [0.1, 0.15) is 23.7 Å². The first-order valence-corrected chi connectivity index (χ1v) is 8.89. The van der Waals surface area contributed by atoms with E-state index >= 15 is 0 Å². The first-order chi connectivity index (χ1) is 13.0. The number of ether oxygens (including phenoxy) is 1. The molecule has 0 spiro atoms. The minimum atomic E-state index is -0.233. The summed E-state index contributed by atoms with van der Waals surface area (Å²) < 4.78 is 5.57. The number of halogens is 2. The molecule has 0 radical (unpaired) electrons. The van der Waals surface area contributed by atoms with Gasteiger partial charge in [0.2, 0.25) is 11.8 Å². The topological polar surface area (TPSA) is 81.2 Å². The highest BCUT2D eigenvalue weighted by Gasteiger charge is 2.13. The van der Waals surface area contributed by atoms with E-state index in [1.165, 1.54) is 6.33 Å². The summed E-state index contributed by atoms with van der Waals surface area (Å²) in [6.45, 7) is 1.55. The van der Waals surface area contributed by atoms with E-state index in [4.69, 9.17) is 27.9 Å². The van der Waals surface area contributed by atoms with Crippen molar-refractivity contribution in [3.63, 3.8) is 0 Å². The van der Waals surface area contributed by atoms with Crippen molar-refractivity contribution in [2.45, 2.75) is 13.3 Å². The Bertz CT molecular complexity index is 1010. The smallest absolute Gasteiger partial charge is 0.225 e. The lowest BCUT2D eigenvalue weighted by Gasteiger charge is -2.09. The molecule has 3 aromatic rings. The van der Waals surface area contributed by atoms with Gasteiger partial charge in [0.25, 0.3) is 0 Å². The Morgan fingerprint density at radius 1 is 1.11 bits per heavy atom. The largest absolute Gasteiger partial charge is 0.469 e. The van der Waals surface area contributed by atoms with Crippen LogP contribution < -0.4 is 10.1 Å². The predicted octanol–water partition coefficient (Wildman–Crippen LogP) is 4.55. The maximum absolute atomic E-state index is 12.4. The Hall–Kier alpha value is -2.70. The number of benzene rings is 2. The number of anilines is 1. The SMILES string of the molecule is CCC(=O)Nc1ccc(C(=O)COc2ncnc3c(Cl)cc(Cl)cc23)cc1. The van der Waals surface area contributed by atoms with Crippen molar-refractivity contribution in [1.29, 1.82) is 0 Å². The number of hydrogen-bond acceptors (Lipinski definition) is 5. The molecule has 0 bridgehead atoms. The van der Waals surface area contributed by atoms with Crippen LogP contribution in [0.5, 0.6) is 5.88 Å². The molecule has 0 aliphatic carbocycles. The van der Waals surface area contributed by atoms with Gasteiger partial charge in [-0.25, -0.2) is 9.97 Å². The van der Waals surface area contributed by atoms with E-state index in [1.807, 2.05) is 0 Å². The van der Waals surface area contributed by atoms with Gasteiger partial charge in [-0.2, -0.15) is 0 Å². The molecule has 0 atom stereocenters. The monoisotopic (exact) mass is 403 g/mol. The van der Waals surface area contributed by atoms with Gasteiger partial charge in [-0.05, 0) is 36.4 Å². The summed E-state index contributed by atoms with van der Waals surface area (Å²) in [7, 11) is 0. The van der Waals surface area contributed by atoms with E-state index in [2.05, 4.69) is 15.3 Å². The zero-order valence-corrected chi connectivity index (χ0v) is 15.8. The molecule has 8 heteroatoms. The van der Waals surface area contributed by atoms with E-state index < -0.39 is 0 Å². The number of nitrogens with one attached hydrogen (secondary N) is 1. The molecule has 0 saturated carbocycles. The van der Waals surface area contributed by atoms with Crippen LogP contribution in [0.3, 0.4) is 0 Å². The van der Waals surface area contributed by atoms with Gasteiger partial charge >= 0.3 is 0 Å². The van der Waals surface area contributed by atoms with Crippen molar-refractivity contribution in [3.05, 3.63) is 58.3 Å². The second-order valence-electron chi connectivity index (χ2n) is 5.65. The van der Waals surface area contributed by atoms with Crippen LogP contribution in [-0.2, 0) is 4.79 Å². The molecule has 1 amide bonds. The number of nitrogens with zero attached hydrogens (tertiary/aromatic N) is 2. The molecule has 0 fully saturated rings. The standard InChI is InChI=1S/C19H15Cl2N3O3/c1-2-17(26)24-13-5-3-11(4-6-13)16(25)9-27-19-14-7-12(20)8-15(21)18(14)22-10-23-19/h3-8,10H,2,9H2,1H3,(H,24,26). The summed E-state index contributed by atoms with van der Waals surface area (Å²) in [4.78, 5) is 31.9. The van der Waals surface area contributed by atoms with E-state index in [0.717, 1.165) is 0 Å². The number of rotatable bonds is 6. The van der Waals surface area contributed by atoms with Crippen molar-refractivity contribution in [3.8, 4) is 5.88 Å². The van der Waals surface area contributed by atoms with Gasteiger partial charge in [0.15, 0.2) is 12.4 Å². The minimum absolute atomic E-state index is 0.0922. The molecule has 27 heavy (non-hydrogen) atoms. The molecule has 3 rings (SSSR count). The number of ketones is 1. The van der Waals surface area contributed by atoms with Gasteiger partial charge in [0.1, 0.15) is 6.33 Å². The number of amides is 1. The number of carbonyl (C=O) groups excluding carboxylic acids is 2. The van der Waals surface area contributed by atoms with Gasteiger partial charge in [-0.3, -0.25) is 9.59 Å². The fraction of sp³-hybridized carbons (Fsp3) is 0.158. The third-order valence-corrected chi connectivity index (χ3v) is 4.28. The van der Waals surface area contributed by atoms with Crippen molar-refractivity contribution >= 4 is 51.5 Å². The van der Waals surface area contributed by atoms with Crippen LogP contribution in [0.4, 0.5) is 5.69 Å². The quantitative estimate of drug-likeness (QED) is 0.610. The number of aromatic nitrogens is 2. The van der Waals surface area contributed by atoms with E-state index in [1.54, 1.807) is 43.3 Å². The fourth-order valence-corrected chi connectivity index (χ4v) is 2.93. The van der Waals surface area contributed by atoms with Crippen LogP contribution in [0, 0.1) is 0 Å². The molecular weight excluding hydrogens is 389 g/mol. The van der Waals surface area contributed by atoms with Crippen LogP contribution in [0.15, 0.2) is 42.7 Å². The summed E-state index contributed by atoms with van der Waals surface area (Å²) in [5, 5.41) is 4.05. The molecular formula is C19H15Cl2N3O3. The summed E-state index contributed by atoms with van der Waals surface area (Å²) in [5.41, 5.74) is 1.58. The number of fused-ring (bicyclic) bond motifs is 1. The third kappa shape index (κ3) is 4.53. The maximum atomic E-state index is 12.4. The molecule has 0 saturated heterocycles. The van der Waals surface area contributed by atoms with Gasteiger partial charge in [0, 0.05) is 22.7 Å². The summed E-state index contributed by atoms with van der Waals surface area (Å²) in [6, 6.07) is 9.80. The molecule has 138 valence electrons. The highest BCUT2D eigenvalue weighted by molar-refractivity contribution is 6.38. The molecule has 6 nitrogen and oxygen atoms in total. The first kappa shape index (κ1) is 19.1.